The fraction of sp³-hybridized carbons (Fsp3) is 0.133. The van der Waals surface area contributed by atoms with Crippen LogP contribution in [0.5, 0.6) is 17.2 Å². The van der Waals surface area contributed by atoms with E-state index in [0.717, 1.165) is 12.7 Å². The molecule has 0 heterocycles. The van der Waals surface area contributed by atoms with Gasteiger partial charge in [0.15, 0.2) is 0 Å². The molecule has 0 aliphatic heterocycles. The first-order chi connectivity index (χ1) is 10.8. The number of hydrogen-bond acceptors (Lipinski definition) is 4. The van der Waals surface area contributed by atoms with Gasteiger partial charge in [-0.1, -0.05) is 40.8 Å². The summed E-state index contributed by atoms with van der Waals surface area (Å²) < 4.78 is 7.04. The molecule has 9 heteroatoms. The predicted molar refractivity (Wildman–Crippen MR) is 110 cm³/mol. The van der Waals surface area contributed by atoms with Gasteiger partial charge in [-0.05, 0) is 68.9 Å². The van der Waals surface area contributed by atoms with Crippen molar-refractivity contribution in [2.45, 2.75) is 9.97 Å². The van der Waals surface area contributed by atoms with E-state index in [1.54, 1.807) is 12.1 Å². The molecule has 122 valence electrons. The molecule has 0 aliphatic carbocycles. The van der Waals surface area contributed by atoms with E-state index in [0.29, 0.717) is 11.5 Å². The topological polar surface area (TPSA) is 95.6 Å². The van der Waals surface area contributed by atoms with E-state index in [4.69, 9.17) is 15.6 Å². The van der Waals surface area contributed by atoms with E-state index in [2.05, 4.69) is 22.6 Å². The smallest absolute Gasteiger partial charge is 0.872 e. The van der Waals surface area contributed by atoms with Crippen LogP contribution < -0.4 is 45.1 Å². The average molecular weight is 673 g/mol. The Kier molecular flexibility index (Phi) is 9.57. The molecule has 3 N–H and O–H groups in total. The van der Waals surface area contributed by atoms with E-state index in [1.807, 2.05) is 57.3 Å². The van der Waals surface area contributed by atoms with Gasteiger partial charge >= 0.3 is 35.5 Å². The normalized spacial score (nSPS) is 12.8. The van der Waals surface area contributed by atoms with Crippen LogP contribution in [0.3, 0.4) is 0 Å². The van der Waals surface area contributed by atoms with E-state index in [1.165, 1.54) is 12.1 Å². The second kappa shape index (κ2) is 10.1. The Bertz CT molecular complexity index is 745. The summed E-state index contributed by atoms with van der Waals surface area (Å²) in [5.41, 5.74) is 6.53. The Balaban J connectivity index is 0.00000288. The summed E-state index contributed by atoms with van der Waals surface area (Å²) in [5.74, 6) is 0.110. The summed E-state index contributed by atoms with van der Waals surface area (Å²) in [5, 5.41) is 20.3. The third kappa shape index (κ3) is 5.84. The van der Waals surface area contributed by atoms with Crippen molar-refractivity contribution < 1.29 is 49.3 Å². The molecule has 0 fully saturated rings. The molecule has 0 bridgehead atoms. The van der Waals surface area contributed by atoms with Crippen LogP contribution in [0.4, 0.5) is 0 Å². The molecule has 0 aromatic heterocycles. The Morgan fingerprint density at radius 1 is 1.17 bits per heavy atom. The fourth-order valence-electron chi connectivity index (χ4n) is 1.80. The van der Waals surface area contributed by atoms with Crippen LogP contribution >= 0.6 is 67.8 Å². The van der Waals surface area contributed by atoms with Crippen LogP contribution in [0.2, 0.25) is 0 Å². The van der Waals surface area contributed by atoms with Crippen molar-refractivity contribution in [3.05, 3.63) is 49.1 Å². The van der Waals surface area contributed by atoms with Crippen molar-refractivity contribution in [2.75, 3.05) is 0 Å². The quantitative estimate of drug-likeness (QED) is 0.277. The van der Waals surface area contributed by atoms with E-state index in [-0.39, 0.29) is 39.2 Å². The van der Waals surface area contributed by atoms with Gasteiger partial charge in [-0.2, -0.15) is 0 Å². The molecule has 0 radical (unpaired) electrons. The summed E-state index contributed by atoms with van der Waals surface area (Å²) >= 11 is 6.21. The van der Waals surface area contributed by atoms with Gasteiger partial charge in [-0.3, -0.25) is 4.79 Å². The molecule has 2 rings (SSSR count). The van der Waals surface area contributed by atoms with Gasteiger partial charge in [0.1, 0.15) is 17.5 Å². The SMILES string of the molecule is N[C@@H](C(=O)O)C(I)c1ccc(Oc2ccc([O-])cc2I)cc1I.[Na+]. The minimum Gasteiger partial charge on any atom is -0.872 e. The molecular weight excluding hydrogens is 662 g/mol. The molecule has 1 unspecified atom stereocenters. The molecule has 2 aromatic carbocycles. The Labute approximate surface area is 202 Å². The molecule has 0 amide bonds. The van der Waals surface area contributed by atoms with Gasteiger partial charge in [0.2, 0.25) is 0 Å². The maximum atomic E-state index is 11.3. The zero-order valence-corrected chi connectivity index (χ0v) is 21.0. The number of benzene rings is 2. The maximum absolute atomic E-state index is 11.3. The molecule has 2 aromatic rings. The number of alkyl halides is 1. The zero-order chi connectivity index (χ0) is 17.1. The van der Waals surface area contributed by atoms with Crippen LogP contribution in [-0.2, 0) is 4.79 Å². The zero-order valence-electron chi connectivity index (χ0n) is 12.5. The summed E-state index contributed by atoms with van der Waals surface area (Å²) in [6, 6.07) is 9.00. The van der Waals surface area contributed by atoms with E-state index >= 15 is 0 Å². The number of carboxylic acid groups (broad SMARTS) is 1. The van der Waals surface area contributed by atoms with Crippen molar-refractivity contribution in [2.24, 2.45) is 5.73 Å². The van der Waals surface area contributed by atoms with Gasteiger partial charge < -0.3 is 20.7 Å². The third-order valence-corrected chi connectivity index (χ3v) is 6.22. The predicted octanol–water partition coefficient (Wildman–Crippen LogP) is 0.654. The van der Waals surface area contributed by atoms with E-state index < -0.39 is 12.0 Å². The second-order valence-corrected chi connectivity index (χ2v) is 8.31. The van der Waals surface area contributed by atoms with Crippen molar-refractivity contribution in [3.63, 3.8) is 0 Å². The van der Waals surface area contributed by atoms with Crippen LogP contribution in [0.25, 0.3) is 0 Å². The maximum Gasteiger partial charge on any atom is 1.00 e. The monoisotopic (exact) mass is 673 g/mol. The van der Waals surface area contributed by atoms with Crippen molar-refractivity contribution in [1.29, 1.82) is 0 Å². The summed E-state index contributed by atoms with van der Waals surface area (Å²) in [6.07, 6.45) is 0. The van der Waals surface area contributed by atoms with Crippen LogP contribution in [-0.4, -0.2) is 17.1 Å². The van der Waals surface area contributed by atoms with E-state index in [9.17, 15) is 9.90 Å². The third-order valence-electron chi connectivity index (χ3n) is 3.00. The number of nitrogens with two attached hydrogens (primary N) is 1. The number of hydrogen-bond donors (Lipinski definition) is 2. The van der Waals surface area contributed by atoms with Gasteiger partial charge in [0.25, 0.3) is 0 Å². The minimum atomic E-state index is -1.03. The molecule has 0 saturated carbocycles. The average Bonchev–Trinajstić information content (AvgIpc) is 2.48. The number of carbonyl (C=O) groups is 1. The standard InChI is InChI=1S/C15H12I3NO4.Na/c16-10-6-8(23-12-4-1-7(20)5-11(12)17)2-3-9(10)13(18)14(19)15(21)22;/h1-6,13-14,20H,19H2,(H,21,22);/q;+1/p-1/t13?,14-;/m1./s1. The Morgan fingerprint density at radius 2 is 1.83 bits per heavy atom. The molecular formula is C15H11I3NNaO4. The van der Waals surface area contributed by atoms with Crippen LogP contribution in [0.15, 0.2) is 36.4 Å². The first-order valence-corrected chi connectivity index (χ1v) is 9.76. The number of carboxylic acids is 1. The molecule has 5 nitrogen and oxygen atoms in total. The number of aliphatic carboxylic acids is 1. The number of ether oxygens (including phenoxy) is 1. The first-order valence-electron chi connectivity index (χ1n) is 6.36. The summed E-state index contributed by atoms with van der Waals surface area (Å²) in [7, 11) is 0. The molecule has 0 saturated heterocycles. The molecule has 2 atom stereocenters. The fourth-order valence-corrected chi connectivity index (χ4v) is 4.67. The van der Waals surface area contributed by atoms with Crippen molar-refractivity contribution in [1.82, 2.24) is 0 Å². The number of rotatable bonds is 5. The number of halogens is 3. The summed E-state index contributed by atoms with van der Waals surface area (Å²) in [4.78, 5) is 11.0. The van der Waals surface area contributed by atoms with Crippen LogP contribution in [0.1, 0.15) is 9.49 Å². The largest absolute Gasteiger partial charge is 1.00 e. The first kappa shape index (κ1) is 22.7. The van der Waals surface area contributed by atoms with Gasteiger partial charge in [0, 0.05) is 3.57 Å². The second-order valence-electron chi connectivity index (χ2n) is 4.64. The van der Waals surface area contributed by atoms with Crippen molar-refractivity contribution in [3.8, 4) is 17.2 Å². The molecule has 0 aliphatic rings. The Morgan fingerprint density at radius 3 is 2.38 bits per heavy atom. The summed E-state index contributed by atoms with van der Waals surface area (Å²) in [6.45, 7) is 0. The molecule has 24 heavy (non-hydrogen) atoms. The Hall–Kier alpha value is 0.660. The molecule has 0 spiro atoms. The van der Waals surface area contributed by atoms with Crippen LogP contribution in [0, 0.1) is 7.14 Å². The van der Waals surface area contributed by atoms with Gasteiger partial charge in [0.05, 0.1) is 7.49 Å². The van der Waals surface area contributed by atoms with Crippen molar-refractivity contribution >= 4 is 73.7 Å². The van der Waals surface area contributed by atoms with Gasteiger partial charge in [-0.25, -0.2) is 0 Å². The minimum absolute atomic E-state index is 0. The van der Waals surface area contributed by atoms with Gasteiger partial charge in [-0.15, -0.1) is 5.75 Å².